The van der Waals surface area contributed by atoms with Gasteiger partial charge in [0.15, 0.2) is 4.96 Å². The minimum Gasteiger partial charge on any atom is -0.396 e. The van der Waals surface area contributed by atoms with Gasteiger partial charge in [-0.15, -0.1) is 11.3 Å². The lowest BCUT2D eigenvalue weighted by Gasteiger charge is -2.07. The van der Waals surface area contributed by atoms with Gasteiger partial charge < -0.3 is 10.2 Å². The fourth-order valence-corrected chi connectivity index (χ4v) is 2.08. The number of aliphatic hydroxyl groups is 2. The lowest BCUT2D eigenvalue weighted by molar-refractivity contribution is 0.149. The van der Waals surface area contributed by atoms with Crippen molar-refractivity contribution in [2.24, 2.45) is 5.92 Å². The first-order valence-corrected chi connectivity index (χ1v) is 5.34. The Morgan fingerprint density at radius 3 is 2.86 bits per heavy atom. The van der Waals surface area contributed by atoms with Gasteiger partial charge in [0, 0.05) is 36.9 Å². The molecule has 0 saturated heterocycles. The largest absolute Gasteiger partial charge is 0.396 e. The van der Waals surface area contributed by atoms with Crippen LogP contribution in [0.2, 0.25) is 0 Å². The van der Waals surface area contributed by atoms with E-state index in [-0.39, 0.29) is 19.1 Å². The molecule has 0 aromatic carbocycles. The third kappa shape index (κ3) is 1.79. The van der Waals surface area contributed by atoms with E-state index in [2.05, 4.69) is 4.98 Å². The molecule has 0 fully saturated rings. The molecule has 14 heavy (non-hydrogen) atoms. The van der Waals surface area contributed by atoms with Gasteiger partial charge in [0.1, 0.15) is 0 Å². The highest BCUT2D eigenvalue weighted by atomic mass is 32.1. The number of hydrogen-bond acceptors (Lipinski definition) is 4. The van der Waals surface area contributed by atoms with Crippen LogP contribution in [0.25, 0.3) is 4.96 Å². The number of fused-ring (bicyclic) bond motifs is 1. The highest BCUT2D eigenvalue weighted by Gasteiger charge is 2.10. The summed E-state index contributed by atoms with van der Waals surface area (Å²) in [6.45, 7) is 0.00332. The molecule has 0 unspecified atom stereocenters. The van der Waals surface area contributed by atoms with Gasteiger partial charge in [-0.2, -0.15) is 0 Å². The van der Waals surface area contributed by atoms with Gasteiger partial charge in [-0.05, 0) is 6.42 Å². The van der Waals surface area contributed by atoms with Crippen LogP contribution in [0.5, 0.6) is 0 Å². The summed E-state index contributed by atoms with van der Waals surface area (Å²) in [5.41, 5.74) is 0.921. The highest BCUT2D eigenvalue weighted by molar-refractivity contribution is 7.15. The first kappa shape index (κ1) is 9.64. The number of aromatic nitrogens is 2. The van der Waals surface area contributed by atoms with E-state index < -0.39 is 0 Å². The van der Waals surface area contributed by atoms with Crippen molar-refractivity contribution in [1.82, 2.24) is 9.38 Å². The summed E-state index contributed by atoms with van der Waals surface area (Å²) in [4.78, 5) is 5.32. The Morgan fingerprint density at radius 1 is 1.43 bits per heavy atom. The quantitative estimate of drug-likeness (QED) is 0.777. The van der Waals surface area contributed by atoms with Crippen LogP contribution in [0.1, 0.15) is 5.69 Å². The average Bonchev–Trinajstić information content (AvgIpc) is 2.73. The lowest BCUT2D eigenvalue weighted by Crippen LogP contribution is -2.14. The zero-order chi connectivity index (χ0) is 9.97. The molecule has 2 aromatic heterocycles. The van der Waals surface area contributed by atoms with Crippen molar-refractivity contribution in [3.8, 4) is 0 Å². The molecule has 5 heteroatoms. The molecule has 0 radical (unpaired) electrons. The Hall–Kier alpha value is -0.910. The van der Waals surface area contributed by atoms with Crippen LogP contribution in [0, 0.1) is 5.92 Å². The van der Waals surface area contributed by atoms with Gasteiger partial charge in [-0.3, -0.25) is 4.40 Å². The molecular formula is C9H12N2O2S. The van der Waals surface area contributed by atoms with E-state index in [1.807, 2.05) is 22.2 Å². The summed E-state index contributed by atoms with van der Waals surface area (Å²) in [6, 6.07) is 0. The maximum absolute atomic E-state index is 8.92. The maximum atomic E-state index is 8.92. The molecule has 2 rings (SSSR count). The molecule has 0 atom stereocenters. The second-order valence-electron chi connectivity index (χ2n) is 3.26. The Bertz CT molecular complexity index is 377. The molecule has 76 valence electrons. The molecular weight excluding hydrogens is 200 g/mol. The van der Waals surface area contributed by atoms with E-state index in [0.717, 1.165) is 10.7 Å². The Kier molecular flexibility index (Phi) is 2.81. The molecule has 0 spiro atoms. The summed E-state index contributed by atoms with van der Waals surface area (Å²) in [5, 5.41) is 19.8. The van der Waals surface area contributed by atoms with Crippen molar-refractivity contribution < 1.29 is 10.2 Å². The normalized spacial score (nSPS) is 11.6. The van der Waals surface area contributed by atoms with Crippen LogP contribution in [-0.2, 0) is 6.42 Å². The van der Waals surface area contributed by atoms with Crippen LogP contribution < -0.4 is 0 Å². The van der Waals surface area contributed by atoms with E-state index in [0.29, 0.717) is 6.42 Å². The third-order valence-corrected chi connectivity index (χ3v) is 2.93. The number of imidazole rings is 1. The van der Waals surface area contributed by atoms with Crippen molar-refractivity contribution in [3.05, 3.63) is 23.5 Å². The second kappa shape index (κ2) is 4.08. The molecule has 0 aliphatic carbocycles. The van der Waals surface area contributed by atoms with Gasteiger partial charge in [0.2, 0.25) is 0 Å². The average molecular weight is 212 g/mol. The molecule has 2 N–H and O–H groups in total. The molecule has 0 bridgehead atoms. The van der Waals surface area contributed by atoms with Crippen molar-refractivity contribution in [2.75, 3.05) is 13.2 Å². The standard InChI is InChI=1S/C9H12N2O2S/c12-5-7(6-13)3-8-4-11-1-2-14-9(11)10-8/h1-2,4,7,12-13H,3,5-6H2. The zero-order valence-electron chi connectivity index (χ0n) is 7.63. The first-order chi connectivity index (χ1) is 6.83. The number of nitrogens with zero attached hydrogens (tertiary/aromatic N) is 2. The van der Waals surface area contributed by atoms with Crippen molar-refractivity contribution in [2.45, 2.75) is 6.42 Å². The lowest BCUT2D eigenvalue weighted by atomic mass is 10.1. The van der Waals surface area contributed by atoms with Gasteiger partial charge in [0.25, 0.3) is 0 Å². The first-order valence-electron chi connectivity index (χ1n) is 4.46. The smallest absolute Gasteiger partial charge is 0.193 e. The molecule has 4 nitrogen and oxygen atoms in total. The van der Waals surface area contributed by atoms with Crippen molar-refractivity contribution in [3.63, 3.8) is 0 Å². The molecule has 0 aliphatic heterocycles. The Balaban J connectivity index is 2.14. The predicted molar refractivity (Wildman–Crippen MR) is 54.4 cm³/mol. The topological polar surface area (TPSA) is 57.8 Å². The van der Waals surface area contributed by atoms with E-state index in [9.17, 15) is 0 Å². The van der Waals surface area contributed by atoms with Crippen molar-refractivity contribution in [1.29, 1.82) is 0 Å². The van der Waals surface area contributed by atoms with Gasteiger partial charge in [-0.1, -0.05) is 0 Å². The fourth-order valence-electron chi connectivity index (χ4n) is 1.36. The van der Waals surface area contributed by atoms with Gasteiger partial charge >= 0.3 is 0 Å². The van der Waals surface area contributed by atoms with Gasteiger partial charge in [-0.25, -0.2) is 4.98 Å². The number of rotatable bonds is 4. The SMILES string of the molecule is OCC(CO)Cc1cn2ccsc2n1. The van der Waals surface area contributed by atoms with E-state index in [4.69, 9.17) is 10.2 Å². The highest BCUT2D eigenvalue weighted by Crippen LogP contribution is 2.13. The second-order valence-corrected chi connectivity index (χ2v) is 4.13. The minimum absolute atomic E-state index is 0.00166. The monoisotopic (exact) mass is 212 g/mol. The Morgan fingerprint density at radius 2 is 2.21 bits per heavy atom. The maximum Gasteiger partial charge on any atom is 0.193 e. The molecule has 0 amide bonds. The van der Waals surface area contributed by atoms with Crippen molar-refractivity contribution >= 4 is 16.3 Å². The summed E-state index contributed by atoms with van der Waals surface area (Å²) in [5.74, 6) is -0.0976. The van der Waals surface area contributed by atoms with Gasteiger partial charge in [0.05, 0.1) is 5.69 Å². The van der Waals surface area contributed by atoms with Crippen LogP contribution in [-0.4, -0.2) is 32.8 Å². The van der Waals surface area contributed by atoms with E-state index >= 15 is 0 Å². The molecule has 0 aliphatic rings. The molecule has 2 heterocycles. The van der Waals surface area contributed by atoms with E-state index in [1.54, 1.807) is 11.3 Å². The molecule has 2 aromatic rings. The van der Waals surface area contributed by atoms with Crippen LogP contribution in [0.3, 0.4) is 0 Å². The summed E-state index contributed by atoms with van der Waals surface area (Å²) < 4.78 is 1.95. The number of hydrogen-bond donors (Lipinski definition) is 2. The Labute approximate surface area is 85.5 Å². The predicted octanol–water partition coefficient (Wildman–Crippen LogP) is 0.539. The third-order valence-electron chi connectivity index (χ3n) is 2.16. The summed E-state index contributed by atoms with van der Waals surface area (Å²) >= 11 is 1.58. The minimum atomic E-state index is -0.0976. The summed E-state index contributed by atoms with van der Waals surface area (Å²) in [7, 11) is 0. The summed E-state index contributed by atoms with van der Waals surface area (Å²) in [6.07, 6.45) is 4.51. The number of thiazole rings is 1. The van der Waals surface area contributed by atoms with Crippen LogP contribution in [0.15, 0.2) is 17.8 Å². The fraction of sp³-hybridized carbons (Fsp3) is 0.444. The van der Waals surface area contributed by atoms with E-state index in [1.165, 1.54) is 0 Å². The zero-order valence-corrected chi connectivity index (χ0v) is 8.44. The molecule has 0 saturated carbocycles. The van der Waals surface area contributed by atoms with Crippen LogP contribution in [0.4, 0.5) is 0 Å². The number of aliphatic hydroxyl groups excluding tert-OH is 2. The van der Waals surface area contributed by atoms with Crippen LogP contribution >= 0.6 is 11.3 Å².